The van der Waals surface area contributed by atoms with Crippen LogP contribution in [0, 0.1) is 5.92 Å². The van der Waals surface area contributed by atoms with E-state index in [1.807, 2.05) is 12.1 Å². The van der Waals surface area contributed by atoms with Crippen LogP contribution in [0.5, 0.6) is 0 Å². The molecule has 4 heteroatoms. The van der Waals surface area contributed by atoms with Gasteiger partial charge < -0.3 is 15.7 Å². The number of nitrogens with two attached hydrogens (primary N) is 1. The average molecular weight is 262 g/mol. The zero-order chi connectivity index (χ0) is 13.8. The Morgan fingerprint density at radius 3 is 2.74 bits per heavy atom. The molecule has 0 amide bonds. The van der Waals surface area contributed by atoms with E-state index in [0.717, 1.165) is 24.6 Å². The average Bonchev–Trinajstić information content (AvgIpc) is 2.39. The number of nitrogens with zero attached hydrogens (tertiary/aromatic N) is 1. The van der Waals surface area contributed by atoms with Gasteiger partial charge in [0.2, 0.25) is 0 Å². The van der Waals surface area contributed by atoms with Crippen LogP contribution in [0.1, 0.15) is 25.3 Å². The number of anilines is 1. The zero-order valence-electron chi connectivity index (χ0n) is 11.4. The molecule has 104 valence electrons. The summed E-state index contributed by atoms with van der Waals surface area (Å²) in [7, 11) is 0. The van der Waals surface area contributed by atoms with Gasteiger partial charge in [0, 0.05) is 18.8 Å². The van der Waals surface area contributed by atoms with E-state index in [2.05, 4.69) is 24.0 Å². The molecule has 1 fully saturated rings. The molecule has 1 saturated heterocycles. The highest BCUT2D eigenvalue weighted by Crippen LogP contribution is 2.23. The first-order chi connectivity index (χ1) is 9.06. The number of aliphatic carboxylic acids is 1. The van der Waals surface area contributed by atoms with E-state index in [0.29, 0.717) is 6.42 Å². The molecule has 1 heterocycles. The van der Waals surface area contributed by atoms with Crippen molar-refractivity contribution in [2.24, 2.45) is 11.7 Å². The Hall–Kier alpha value is -1.55. The Balaban J connectivity index is 1.99. The number of rotatable bonds is 4. The normalized spacial score (nSPS) is 21.2. The summed E-state index contributed by atoms with van der Waals surface area (Å²) in [5.41, 5.74) is 7.73. The SMILES string of the molecule is CC1CCCN(c2ccc(CC(N)C(=O)O)cc2)C1. The van der Waals surface area contributed by atoms with Crippen LogP contribution in [0.2, 0.25) is 0 Å². The van der Waals surface area contributed by atoms with Gasteiger partial charge in [0.1, 0.15) is 6.04 Å². The predicted octanol–water partition coefficient (Wildman–Crippen LogP) is 1.88. The molecular weight excluding hydrogens is 240 g/mol. The lowest BCUT2D eigenvalue weighted by molar-refractivity contribution is -0.138. The minimum Gasteiger partial charge on any atom is -0.480 e. The van der Waals surface area contributed by atoms with E-state index in [9.17, 15) is 4.79 Å². The third-order valence-electron chi connectivity index (χ3n) is 3.73. The quantitative estimate of drug-likeness (QED) is 0.869. The molecule has 19 heavy (non-hydrogen) atoms. The summed E-state index contributed by atoms with van der Waals surface area (Å²) in [6.45, 7) is 4.50. The van der Waals surface area contributed by atoms with Crippen molar-refractivity contribution in [1.29, 1.82) is 0 Å². The Bertz CT molecular complexity index is 430. The van der Waals surface area contributed by atoms with Crippen molar-refractivity contribution in [3.8, 4) is 0 Å². The Morgan fingerprint density at radius 1 is 1.47 bits per heavy atom. The summed E-state index contributed by atoms with van der Waals surface area (Å²) < 4.78 is 0. The minimum atomic E-state index is -0.950. The summed E-state index contributed by atoms with van der Waals surface area (Å²) in [6, 6.07) is 7.29. The third-order valence-corrected chi connectivity index (χ3v) is 3.73. The highest BCUT2D eigenvalue weighted by atomic mass is 16.4. The van der Waals surface area contributed by atoms with Gasteiger partial charge in [-0.2, -0.15) is 0 Å². The molecule has 0 spiro atoms. The van der Waals surface area contributed by atoms with Gasteiger partial charge in [-0.25, -0.2) is 0 Å². The van der Waals surface area contributed by atoms with Crippen molar-refractivity contribution >= 4 is 11.7 Å². The topological polar surface area (TPSA) is 66.6 Å². The zero-order valence-corrected chi connectivity index (χ0v) is 11.4. The predicted molar refractivity (Wildman–Crippen MR) is 76.4 cm³/mol. The largest absolute Gasteiger partial charge is 0.480 e. The highest BCUT2D eigenvalue weighted by Gasteiger charge is 2.17. The summed E-state index contributed by atoms with van der Waals surface area (Å²) in [5.74, 6) is -0.206. The van der Waals surface area contributed by atoms with E-state index in [4.69, 9.17) is 10.8 Å². The molecule has 1 aliphatic rings. The van der Waals surface area contributed by atoms with Gasteiger partial charge in [0.25, 0.3) is 0 Å². The molecule has 0 bridgehead atoms. The molecule has 2 atom stereocenters. The highest BCUT2D eigenvalue weighted by molar-refractivity contribution is 5.73. The minimum absolute atomic E-state index is 0.381. The Labute approximate surface area is 114 Å². The van der Waals surface area contributed by atoms with Gasteiger partial charge in [0.05, 0.1) is 0 Å². The number of carbonyl (C=O) groups is 1. The van der Waals surface area contributed by atoms with Crippen molar-refractivity contribution in [3.05, 3.63) is 29.8 Å². The van der Waals surface area contributed by atoms with Gasteiger partial charge in [-0.3, -0.25) is 4.79 Å². The number of carboxylic acids is 1. The molecule has 0 saturated carbocycles. The van der Waals surface area contributed by atoms with Crippen LogP contribution >= 0.6 is 0 Å². The fraction of sp³-hybridized carbons (Fsp3) is 0.533. The Morgan fingerprint density at radius 2 is 2.16 bits per heavy atom. The Kier molecular flexibility index (Phi) is 4.43. The van der Waals surface area contributed by atoms with Gasteiger partial charge in [-0.1, -0.05) is 19.1 Å². The maximum atomic E-state index is 10.7. The molecule has 1 aromatic carbocycles. The molecule has 2 unspecified atom stereocenters. The second-order valence-corrected chi connectivity index (χ2v) is 5.51. The van der Waals surface area contributed by atoms with E-state index in [-0.39, 0.29) is 0 Å². The van der Waals surface area contributed by atoms with Crippen LogP contribution in [0.25, 0.3) is 0 Å². The fourth-order valence-corrected chi connectivity index (χ4v) is 2.61. The van der Waals surface area contributed by atoms with Crippen LogP contribution in [0.15, 0.2) is 24.3 Å². The van der Waals surface area contributed by atoms with Gasteiger partial charge >= 0.3 is 5.97 Å². The monoisotopic (exact) mass is 262 g/mol. The maximum absolute atomic E-state index is 10.7. The first kappa shape index (κ1) is 13.9. The second kappa shape index (κ2) is 6.06. The number of hydrogen-bond acceptors (Lipinski definition) is 3. The second-order valence-electron chi connectivity index (χ2n) is 5.51. The van der Waals surface area contributed by atoms with Crippen LogP contribution in [-0.4, -0.2) is 30.2 Å². The van der Waals surface area contributed by atoms with Crippen LogP contribution in [0.3, 0.4) is 0 Å². The van der Waals surface area contributed by atoms with E-state index in [1.165, 1.54) is 18.5 Å². The molecule has 0 aromatic heterocycles. The number of carboxylic acid groups (broad SMARTS) is 1. The van der Waals surface area contributed by atoms with E-state index in [1.54, 1.807) is 0 Å². The lowest BCUT2D eigenvalue weighted by Gasteiger charge is -2.32. The first-order valence-electron chi connectivity index (χ1n) is 6.88. The summed E-state index contributed by atoms with van der Waals surface area (Å²) in [6.07, 6.45) is 2.93. The molecule has 3 N–H and O–H groups in total. The lowest BCUT2D eigenvalue weighted by atomic mass is 9.99. The van der Waals surface area contributed by atoms with Crippen molar-refractivity contribution in [2.75, 3.05) is 18.0 Å². The van der Waals surface area contributed by atoms with E-state index < -0.39 is 12.0 Å². The van der Waals surface area contributed by atoms with Crippen molar-refractivity contribution < 1.29 is 9.90 Å². The molecule has 4 nitrogen and oxygen atoms in total. The molecule has 1 aromatic rings. The maximum Gasteiger partial charge on any atom is 0.320 e. The van der Waals surface area contributed by atoms with Crippen LogP contribution < -0.4 is 10.6 Å². The van der Waals surface area contributed by atoms with Gasteiger partial charge in [-0.05, 0) is 42.9 Å². The number of piperidine rings is 1. The van der Waals surface area contributed by atoms with Gasteiger partial charge in [-0.15, -0.1) is 0 Å². The summed E-state index contributed by atoms with van der Waals surface area (Å²) >= 11 is 0. The van der Waals surface area contributed by atoms with E-state index >= 15 is 0 Å². The molecule has 2 rings (SSSR count). The van der Waals surface area contributed by atoms with Gasteiger partial charge in [0.15, 0.2) is 0 Å². The summed E-state index contributed by atoms with van der Waals surface area (Å²) in [5, 5.41) is 8.80. The smallest absolute Gasteiger partial charge is 0.320 e. The van der Waals surface area contributed by atoms with Crippen molar-refractivity contribution in [1.82, 2.24) is 0 Å². The lowest BCUT2D eigenvalue weighted by Crippen LogP contribution is -2.34. The molecule has 0 aliphatic carbocycles. The van der Waals surface area contributed by atoms with Crippen molar-refractivity contribution in [2.45, 2.75) is 32.2 Å². The van der Waals surface area contributed by atoms with Crippen molar-refractivity contribution in [3.63, 3.8) is 0 Å². The first-order valence-corrected chi connectivity index (χ1v) is 6.88. The standard InChI is InChI=1S/C15H22N2O2/c1-11-3-2-8-17(10-11)13-6-4-12(5-7-13)9-14(16)15(18)19/h4-7,11,14H,2-3,8-10,16H2,1H3,(H,18,19). The van der Waals surface area contributed by atoms with Crippen LogP contribution in [-0.2, 0) is 11.2 Å². The molecule has 0 radical (unpaired) electrons. The number of benzene rings is 1. The van der Waals surface area contributed by atoms with Crippen LogP contribution in [0.4, 0.5) is 5.69 Å². The number of hydrogen-bond donors (Lipinski definition) is 2. The summed E-state index contributed by atoms with van der Waals surface area (Å²) in [4.78, 5) is 13.1. The molecule has 1 aliphatic heterocycles. The fourth-order valence-electron chi connectivity index (χ4n) is 2.61. The molecular formula is C15H22N2O2. The third kappa shape index (κ3) is 3.70.